The van der Waals surface area contributed by atoms with Crippen molar-refractivity contribution in [2.75, 3.05) is 0 Å². The molecule has 1 aromatic heterocycles. The molecular formula is C19H22N2O. The van der Waals surface area contributed by atoms with E-state index in [-0.39, 0.29) is 0 Å². The summed E-state index contributed by atoms with van der Waals surface area (Å²) < 4.78 is 5.82. The van der Waals surface area contributed by atoms with Crippen molar-refractivity contribution in [1.29, 1.82) is 0 Å². The summed E-state index contributed by atoms with van der Waals surface area (Å²) in [5.41, 5.74) is 9.77. The summed E-state index contributed by atoms with van der Waals surface area (Å²) in [6, 6.07) is 12.3. The van der Waals surface area contributed by atoms with Gasteiger partial charge in [0.05, 0.1) is 0 Å². The minimum atomic E-state index is 0.316. The molecule has 3 rings (SSSR count). The van der Waals surface area contributed by atoms with Crippen molar-refractivity contribution in [3.8, 4) is 11.6 Å². The van der Waals surface area contributed by atoms with Gasteiger partial charge in [-0.2, -0.15) is 0 Å². The lowest BCUT2D eigenvalue weighted by Gasteiger charge is -2.20. The highest BCUT2D eigenvalue weighted by atomic mass is 16.5. The predicted octanol–water partition coefficient (Wildman–Crippen LogP) is 4.47. The third-order valence-electron chi connectivity index (χ3n) is 3.93. The highest BCUT2D eigenvalue weighted by Crippen LogP contribution is 2.26. The first-order valence-corrected chi connectivity index (χ1v) is 7.85. The average Bonchev–Trinajstić information content (AvgIpc) is 2.50. The summed E-state index contributed by atoms with van der Waals surface area (Å²) >= 11 is 0. The monoisotopic (exact) mass is 294 g/mol. The maximum absolute atomic E-state index is 6.05. The van der Waals surface area contributed by atoms with Gasteiger partial charge >= 0.3 is 0 Å². The molecule has 0 aliphatic heterocycles. The van der Waals surface area contributed by atoms with Gasteiger partial charge in [-0.05, 0) is 55.9 Å². The molecule has 114 valence electrons. The van der Waals surface area contributed by atoms with Gasteiger partial charge in [-0.15, -0.1) is 0 Å². The number of nitrogens with two attached hydrogens (primary N) is 1. The van der Waals surface area contributed by atoms with E-state index < -0.39 is 0 Å². The van der Waals surface area contributed by atoms with E-state index in [4.69, 9.17) is 10.5 Å². The average molecular weight is 294 g/mol. The van der Waals surface area contributed by atoms with Gasteiger partial charge < -0.3 is 10.5 Å². The van der Waals surface area contributed by atoms with Crippen molar-refractivity contribution >= 4 is 6.08 Å². The molecule has 0 saturated heterocycles. The number of rotatable bonds is 3. The lowest BCUT2D eigenvalue weighted by molar-refractivity contribution is 0.462. The van der Waals surface area contributed by atoms with Crippen LogP contribution in [0.5, 0.6) is 11.6 Å². The van der Waals surface area contributed by atoms with Crippen molar-refractivity contribution in [3.05, 3.63) is 59.3 Å². The number of aromatic nitrogens is 1. The van der Waals surface area contributed by atoms with Crippen LogP contribution in [0.3, 0.4) is 0 Å². The Bertz CT molecular complexity index is 661. The van der Waals surface area contributed by atoms with E-state index in [2.05, 4.69) is 23.2 Å². The Morgan fingerprint density at radius 2 is 2.18 bits per heavy atom. The van der Waals surface area contributed by atoms with Crippen LogP contribution in [0.1, 0.15) is 36.8 Å². The van der Waals surface area contributed by atoms with E-state index >= 15 is 0 Å². The van der Waals surface area contributed by atoms with Crippen molar-refractivity contribution in [3.63, 3.8) is 0 Å². The van der Waals surface area contributed by atoms with Crippen LogP contribution in [0.2, 0.25) is 0 Å². The molecule has 0 spiro atoms. The van der Waals surface area contributed by atoms with E-state index in [1.165, 1.54) is 12.0 Å². The standard InChI is InChI=1S/C19H22N2O/c1-14-8-9-19(21-13-14)22-18-7-3-5-16(12-18)10-15-4-2-6-17(20)11-15/h3,5,7-10,12-13,17H,2,4,6,11,20H2,1H3/b15-10+. The molecule has 3 heteroatoms. The van der Waals surface area contributed by atoms with Crippen LogP contribution in [-0.4, -0.2) is 11.0 Å². The van der Waals surface area contributed by atoms with Crippen LogP contribution in [0.15, 0.2) is 48.2 Å². The number of pyridine rings is 1. The molecule has 1 aliphatic carbocycles. The Morgan fingerprint density at radius 3 is 2.95 bits per heavy atom. The molecule has 1 heterocycles. The van der Waals surface area contributed by atoms with Gasteiger partial charge in [-0.25, -0.2) is 4.98 Å². The zero-order valence-corrected chi connectivity index (χ0v) is 13.0. The van der Waals surface area contributed by atoms with Gasteiger partial charge in [-0.1, -0.05) is 29.8 Å². The number of ether oxygens (including phenoxy) is 1. The van der Waals surface area contributed by atoms with E-state index in [1.54, 1.807) is 0 Å². The summed E-state index contributed by atoms with van der Waals surface area (Å²) in [6.45, 7) is 2.01. The molecule has 0 amide bonds. The predicted molar refractivity (Wildman–Crippen MR) is 89.9 cm³/mol. The molecule has 3 nitrogen and oxygen atoms in total. The molecular weight excluding hydrogens is 272 g/mol. The first kappa shape index (κ1) is 14.8. The number of nitrogens with zero attached hydrogens (tertiary/aromatic N) is 1. The highest BCUT2D eigenvalue weighted by Gasteiger charge is 2.12. The Labute approximate surface area is 131 Å². The number of hydrogen-bond acceptors (Lipinski definition) is 3. The third kappa shape index (κ3) is 3.95. The fourth-order valence-corrected chi connectivity index (χ4v) is 2.80. The topological polar surface area (TPSA) is 48.1 Å². The first-order valence-electron chi connectivity index (χ1n) is 7.85. The van der Waals surface area contributed by atoms with Crippen LogP contribution in [0.25, 0.3) is 6.08 Å². The van der Waals surface area contributed by atoms with E-state index in [0.29, 0.717) is 11.9 Å². The maximum atomic E-state index is 6.05. The van der Waals surface area contributed by atoms with Gasteiger partial charge in [-0.3, -0.25) is 0 Å². The molecule has 1 aliphatic rings. The largest absolute Gasteiger partial charge is 0.439 e. The Morgan fingerprint density at radius 1 is 1.27 bits per heavy atom. The first-order chi connectivity index (χ1) is 10.7. The maximum Gasteiger partial charge on any atom is 0.219 e. The lowest BCUT2D eigenvalue weighted by atomic mass is 9.90. The molecule has 2 N–H and O–H groups in total. The second-order valence-electron chi connectivity index (χ2n) is 6.01. The van der Waals surface area contributed by atoms with Gasteiger partial charge in [0.25, 0.3) is 0 Å². The van der Waals surface area contributed by atoms with E-state index in [0.717, 1.165) is 36.1 Å². The zero-order valence-electron chi connectivity index (χ0n) is 13.0. The molecule has 22 heavy (non-hydrogen) atoms. The molecule has 1 saturated carbocycles. The summed E-state index contributed by atoms with van der Waals surface area (Å²) in [7, 11) is 0. The second kappa shape index (κ2) is 6.75. The quantitative estimate of drug-likeness (QED) is 0.908. The van der Waals surface area contributed by atoms with Crippen molar-refractivity contribution in [2.24, 2.45) is 5.73 Å². The van der Waals surface area contributed by atoms with Gasteiger partial charge in [0.15, 0.2) is 0 Å². The smallest absolute Gasteiger partial charge is 0.219 e. The van der Waals surface area contributed by atoms with Crippen LogP contribution < -0.4 is 10.5 Å². The number of aryl methyl sites for hydroxylation is 1. The summed E-state index contributed by atoms with van der Waals surface area (Å²) in [4.78, 5) is 4.27. The normalized spacial score (nSPS) is 20.1. The van der Waals surface area contributed by atoms with Crippen molar-refractivity contribution in [2.45, 2.75) is 38.6 Å². The zero-order chi connectivity index (χ0) is 15.4. The summed E-state index contributed by atoms with van der Waals surface area (Å²) in [5.74, 6) is 1.43. The van der Waals surface area contributed by atoms with Crippen LogP contribution >= 0.6 is 0 Å². The summed E-state index contributed by atoms with van der Waals surface area (Å²) in [5, 5.41) is 0. The fraction of sp³-hybridized carbons (Fsp3) is 0.316. The second-order valence-corrected chi connectivity index (χ2v) is 6.01. The minimum Gasteiger partial charge on any atom is -0.439 e. The SMILES string of the molecule is Cc1ccc(Oc2cccc(/C=C3\CCCC(N)C3)c2)nc1. The molecule has 1 aromatic carbocycles. The molecule has 1 unspecified atom stereocenters. The molecule has 1 atom stereocenters. The minimum absolute atomic E-state index is 0.316. The Hall–Kier alpha value is -2.13. The lowest BCUT2D eigenvalue weighted by Crippen LogP contribution is -2.23. The fourth-order valence-electron chi connectivity index (χ4n) is 2.80. The van der Waals surface area contributed by atoms with E-state index in [9.17, 15) is 0 Å². The molecule has 1 fully saturated rings. The van der Waals surface area contributed by atoms with Crippen LogP contribution in [-0.2, 0) is 0 Å². The molecule has 2 aromatic rings. The van der Waals surface area contributed by atoms with E-state index in [1.807, 2.05) is 37.4 Å². The third-order valence-corrected chi connectivity index (χ3v) is 3.93. The van der Waals surface area contributed by atoms with Gasteiger partial charge in [0.1, 0.15) is 5.75 Å². The summed E-state index contributed by atoms with van der Waals surface area (Å²) in [6.07, 6.45) is 8.54. The Balaban J connectivity index is 1.74. The number of benzene rings is 1. The van der Waals surface area contributed by atoms with Crippen LogP contribution in [0, 0.1) is 6.92 Å². The van der Waals surface area contributed by atoms with Crippen molar-refractivity contribution in [1.82, 2.24) is 4.98 Å². The van der Waals surface area contributed by atoms with Gasteiger partial charge in [0, 0.05) is 18.3 Å². The molecule has 0 bridgehead atoms. The van der Waals surface area contributed by atoms with Gasteiger partial charge in [0.2, 0.25) is 5.88 Å². The number of hydrogen-bond donors (Lipinski definition) is 1. The van der Waals surface area contributed by atoms with Crippen molar-refractivity contribution < 1.29 is 4.74 Å². The Kier molecular flexibility index (Phi) is 4.54. The molecule has 0 radical (unpaired) electrons. The highest BCUT2D eigenvalue weighted by molar-refractivity contribution is 5.55. The van der Waals surface area contributed by atoms with Crippen LogP contribution in [0.4, 0.5) is 0 Å².